The molecule has 2 bridgehead atoms. The van der Waals surface area contributed by atoms with Gasteiger partial charge in [-0.05, 0) is 30.2 Å². The summed E-state index contributed by atoms with van der Waals surface area (Å²) >= 11 is 5.24. The predicted octanol–water partition coefficient (Wildman–Crippen LogP) is 0.0361. The van der Waals surface area contributed by atoms with E-state index in [-0.39, 0.29) is 24.3 Å². The molecule has 19 nitrogen and oxygen atoms in total. The van der Waals surface area contributed by atoms with E-state index >= 15 is 4.39 Å². The molecule has 0 radical (unpaired) electrons. The fourth-order valence-electron chi connectivity index (χ4n) is 6.60. The Morgan fingerprint density at radius 2 is 1.88 bits per heavy atom. The molecule has 4 N–H and O–H groups in total. The van der Waals surface area contributed by atoms with E-state index in [4.69, 9.17) is 39.8 Å². The van der Waals surface area contributed by atoms with Gasteiger partial charge in [-0.2, -0.15) is 0 Å². The van der Waals surface area contributed by atoms with Gasteiger partial charge in [-0.1, -0.05) is 0 Å². The monoisotopic (exact) mass is 724 g/mol. The topological polar surface area (TPSA) is 229 Å². The number of anilines is 1. The molecule has 0 aromatic carbocycles. The van der Waals surface area contributed by atoms with Crippen LogP contribution in [-0.4, -0.2) is 118 Å². The Bertz CT molecular complexity index is 2030. The lowest BCUT2D eigenvalue weighted by molar-refractivity contribution is -0.0838. The van der Waals surface area contributed by atoms with Crippen LogP contribution in [0.25, 0.3) is 22.2 Å². The quantitative estimate of drug-likeness (QED) is 0.161. The first-order chi connectivity index (χ1) is 23.6. The zero-order valence-corrected chi connectivity index (χ0v) is 27.1. The number of nitrogens with one attached hydrogen (secondary N) is 1. The number of nitrogens with zero attached hydrogens (tertiary/aromatic N) is 7. The zero-order valence-electron chi connectivity index (χ0n) is 25.3. The van der Waals surface area contributed by atoms with Crippen LogP contribution < -0.4 is 10.9 Å². The molecule has 8 heterocycles. The molecular weight excluding hydrogens is 694 g/mol. The summed E-state index contributed by atoms with van der Waals surface area (Å²) in [6, 6.07) is 0. The van der Waals surface area contributed by atoms with Crippen molar-refractivity contribution in [2.24, 2.45) is 0 Å². The third-order valence-corrected chi connectivity index (χ3v) is 10.4. The van der Waals surface area contributed by atoms with E-state index in [0.717, 1.165) is 17.4 Å². The number of hydrogen-bond acceptors (Lipinski definition) is 16. The van der Waals surface area contributed by atoms with Crippen LogP contribution in [0.5, 0.6) is 0 Å². The molecule has 0 saturated carbocycles. The lowest BCUT2D eigenvalue weighted by Gasteiger charge is -2.25. The van der Waals surface area contributed by atoms with Gasteiger partial charge in [0.2, 0.25) is 0 Å². The maximum absolute atomic E-state index is 16.3. The van der Waals surface area contributed by atoms with Crippen LogP contribution in [0, 0.1) is 0 Å². The molecule has 0 amide bonds. The minimum atomic E-state index is -4.24. The van der Waals surface area contributed by atoms with Gasteiger partial charge in [-0.15, -0.1) is 0 Å². The molecule has 3 fully saturated rings. The van der Waals surface area contributed by atoms with Crippen molar-refractivity contribution >= 4 is 52.7 Å². The van der Waals surface area contributed by atoms with E-state index in [2.05, 4.69) is 25.3 Å². The third kappa shape index (κ3) is 5.68. The van der Waals surface area contributed by atoms with Crippen LogP contribution in [-0.2, 0) is 52.8 Å². The summed E-state index contributed by atoms with van der Waals surface area (Å²) in [7, 11) is 0. The van der Waals surface area contributed by atoms with Crippen molar-refractivity contribution in [2.45, 2.75) is 68.5 Å². The molecule has 4 aromatic heterocycles. The number of carbonyl (C=O) groups is 1. The van der Waals surface area contributed by atoms with Gasteiger partial charge in [-0.25, -0.2) is 29.1 Å². The summed E-state index contributed by atoms with van der Waals surface area (Å²) in [6.45, 7) is -4.99. The number of imidazole rings is 1. The SMILES string of the molecule is O=C1OC[C@H]2O[C@@H](n3cc4c5c(ncnc53)NCCC4)[C@@H](F)[C@@H]2OP(O)(=S)OC[C@H]2O[C@@H](n3cnc4c(=O)n(CCO)cnc43)[C@H](O1)[C@@H]2O. The number of carbonyl (C=O) groups excluding carboxylic acids is 1. The molecule has 3 saturated heterocycles. The lowest BCUT2D eigenvalue weighted by Crippen LogP contribution is -2.38. The van der Waals surface area contributed by atoms with E-state index in [1.807, 2.05) is 0 Å². The number of hydrogen-bond donors (Lipinski definition) is 4. The van der Waals surface area contributed by atoms with Gasteiger partial charge >= 0.3 is 12.9 Å². The van der Waals surface area contributed by atoms with Crippen LogP contribution in [0.4, 0.5) is 15.0 Å². The maximum Gasteiger partial charge on any atom is 0.508 e. The lowest BCUT2D eigenvalue weighted by atomic mass is 10.1. The Labute approximate surface area is 279 Å². The average molecular weight is 725 g/mol. The Morgan fingerprint density at radius 1 is 1.04 bits per heavy atom. The van der Waals surface area contributed by atoms with Crippen molar-refractivity contribution in [3.63, 3.8) is 0 Å². The molecular formula is C27H30FN8O11PS. The summed E-state index contributed by atoms with van der Waals surface area (Å²) < 4.78 is 54.4. The van der Waals surface area contributed by atoms with Crippen LogP contribution in [0.2, 0.25) is 0 Å². The highest BCUT2D eigenvalue weighted by Gasteiger charge is 2.53. The van der Waals surface area contributed by atoms with Gasteiger partial charge in [0.1, 0.15) is 55.1 Å². The molecule has 49 heavy (non-hydrogen) atoms. The molecule has 0 spiro atoms. The van der Waals surface area contributed by atoms with Gasteiger partial charge in [0.25, 0.3) is 5.56 Å². The number of aliphatic hydroxyl groups excluding tert-OH is 2. The second-order valence-electron chi connectivity index (χ2n) is 11.8. The van der Waals surface area contributed by atoms with E-state index in [1.54, 1.807) is 6.20 Å². The number of aryl methyl sites for hydroxylation is 1. The van der Waals surface area contributed by atoms with Gasteiger partial charge in [-0.3, -0.25) is 18.5 Å². The van der Waals surface area contributed by atoms with E-state index in [1.165, 1.54) is 32.7 Å². The van der Waals surface area contributed by atoms with E-state index < -0.39 is 80.8 Å². The van der Waals surface area contributed by atoms with Crippen molar-refractivity contribution in [1.29, 1.82) is 0 Å². The molecule has 0 aliphatic carbocycles. The maximum atomic E-state index is 16.3. The second-order valence-corrected chi connectivity index (χ2v) is 14.6. The number of rotatable bonds is 4. The van der Waals surface area contributed by atoms with Gasteiger partial charge in [0, 0.05) is 12.7 Å². The van der Waals surface area contributed by atoms with Crippen molar-refractivity contribution in [3.8, 4) is 0 Å². The first-order valence-electron chi connectivity index (χ1n) is 15.4. The normalized spacial score (nSPS) is 33.5. The highest BCUT2D eigenvalue weighted by atomic mass is 32.5. The number of alkyl halides is 1. The highest BCUT2D eigenvalue weighted by Crippen LogP contribution is 2.51. The molecule has 4 aliphatic rings. The first-order valence-corrected chi connectivity index (χ1v) is 18.0. The van der Waals surface area contributed by atoms with E-state index in [9.17, 15) is 24.7 Å². The van der Waals surface area contributed by atoms with Gasteiger partial charge in [0.05, 0.1) is 31.5 Å². The summed E-state index contributed by atoms with van der Waals surface area (Å²) in [6.07, 6.45) is -5.87. The Balaban J connectivity index is 1.08. The van der Waals surface area contributed by atoms with Gasteiger partial charge in [0.15, 0.2) is 35.9 Å². The smallest absolute Gasteiger partial charge is 0.431 e. The summed E-state index contributed by atoms with van der Waals surface area (Å²) in [4.78, 5) is 54.0. The molecule has 9 atom stereocenters. The third-order valence-electron chi connectivity index (χ3n) is 8.88. The van der Waals surface area contributed by atoms with Crippen LogP contribution in [0.15, 0.2) is 30.0 Å². The number of aromatic nitrogens is 7. The van der Waals surface area contributed by atoms with Crippen molar-refractivity contribution < 1.29 is 52.3 Å². The van der Waals surface area contributed by atoms with Gasteiger partial charge < -0.3 is 48.5 Å². The zero-order chi connectivity index (χ0) is 34.0. The van der Waals surface area contributed by atoms with E-state index in [0.29, 0.717) is 24.4 Å². The number of cyclic esters (lactones) is 1. The predicted molar refractivity (Wildman–Crippen MR) is 165 cm³/mol. The van der Waals surface area contributed by atoms with Crippen LogP contribution in [0.1, 0.15) is 24.4 Å². The average Bonchev–Trinajstić information content (AvgIpc) is 3.78. The second kappa shape index (κ2) is 12.6. The number of halogens is 1. The number of ether oxygens (including phenoxy) is 4. The minimum Gasteiger partial charge on any atom is -0.431 e. The molecule has 262 valence electrons. The molecule has 1 unspecified atom stereocenters. The Hall–Kier alpha value is -3.66. The highest BCUT2D eigenvalue weighted by molar-refractivity contribution is 8.07. The molecule has 4 aliphatic heterocycles. The molecule has 22 heteroatoms. The standard InChI is InChI=1S/C27H30FN8O11PS/c28-16-19-14(45-25(16)35-6-12-2-1-3-29-21-15(12)22(35)31-9-30-21)7-42-27(40)46-20-18(38)13(8-43-48(41,49)47-19)44-26(20)36-11-32-17-23(36)33-10-34(4-5-37)24(17)39/h6,9-11,13-14,16,18-20,25-26,37-38H,1-5,7-8H2,(H,41,49)(H,29,30,31)/t13-,14-,16+,18-,19-,20-,25-,26-,48?/m1/s1. The molecule has 8 rings (SSSR count). The Kier molecular flexibility index (Phi) is 8.36. The largest absolute Gasteiger partial charge is 0.508 e. The minimum absolute atomic E-state index is 0.00919. The Morgan fingerprint density at radius 3 is 2.71 bits per heavy atom. The van der Waals surface area contributed by atoms with Crippen molar-refractivity contribution in [3.05, 3.63) is 41.1 Å². The van der Waals surface area contributed by atoms with Crippen LogP contribution in [0.3, 0.4) is 0 Å². The fourth-order valence-corrected chi connectivity index (χ4v) is 8.03. The fraction of sp³-hybridized carbons (Fsp3) is 0.556. The molecule has 4 aromatic rings. The number of aliphatic hydroxyl groups is 2. The number of fused-ring (bicyclic) bond motifs is 4. The van der Waals surface area contributed by atoms with Crippen molar-refractivity contribution in [2.75, 3.05) is 31.7 Å². The summed E-state index contributed by atoms with van der Waals surface area (Å²) in [5.74, 6) is 0.615. The van der Waals surface area contributed by atoms with Crippen molar-refractivity contribution in [1.82, 2.24) is 33.6 Å². The van der Waals surface area contributed by atoms with Crippen LogP contribution >= 0.6 is 6.72 Å². The first kappa shape index (κ1) is 32.5. The summed E-state index contributed by atoms with van der Waals surface area (Å²) in [5, 5.41) is 24.4. The summed E-state index contributed by atoms with van der Waals surface area (Å²) in [5.41, 5.74) is 0.741.